The van der Waals surface area contributed by atoms with Crippen molar-refractivity contribution in [2.45, 2.75) is 25.2 Å². The van der Waals surface area contributed by atoms with E-state index in [0.717, 1.165) is 5.56 Å². The lowest BCUT2D eigenvalue weighted by atomic mass is 10.0. The normalized spacial score (nSPS) is 22.5. The van der Waals surface area contributed by atoms with E-state index < -0.39 is 18.2 Å². The van der Waals surface area contributed by atoms with Gasteiger partial charge in [0.15, 0.2) is 0 Å². The van der Waals surface area contributed by atoms with Crippen molar-refractivity contribution in [2.24, 2.45) is 0 Å². The second-order valence-corrected chi connectivity index (χ2v) is 4.39. The number of carbonyl (C=O) groups is 2. The quantitative estimate of drug-likeness (QED) is 0.726. The number of amides is 2. The number of hydrogen-bond acceptors (Lipinski definition) is 4. The van der Waals surface area contributed by atoms with Crippen LogP contribution < -0.4 is 10.6 Å². The Morgan fingerprint density at radius 1 is 1.42 bits per heavy atom. The number of ether oxygens (including phenoxy) is 1. The summed E-state index contributed by atoms with van der Waals surface area (Å²) in [7, 11) is 0. The van der Waals surface area contributed by atoms with E-state index in [1.54, 1.807) is 0 Å². The van der Waals surface area contributed by atoms with E-state index in [2.05, 4.69) is 10.6 Å². The van der Waals surface area contributed by atoms with Crippen molar-refractivity contribution in [2.75, 3.05) is 6.54 Å². The van der Waals surface area contributed by atoms with Gasteiger partial charge in [-0.15, -0.1) is 0 Å². The molecule has 102 valence electrons. The number of aliphatic hydroxyl groups excluding tert-OH is 1. The first-order chi connectivity index (χ1) is 9.15. The second kappa shape index (κ2) is 6.19. The van der Waals surface area contributed by atoms with E-state index in [9.17, 15) is 14.7 Å². The van der Waals surface area contributed by atoms with E-state index in [1.165, 1.54) is 0 Å². The number of hydrogen-bond donors (Lipinski definition) is 3. The molecule has 2 amide bonds. The Morgan fingerprint density at radius 2 is 2.16 bits per heavy atom. The summed E-state index contributed by atoms with van der Waals surface area (Å²) in [5.74, 6) is -0.219. The summed E-state index contributed by atoms with van der Waals surface area (Å²) < 4.78 is 5.03. The number of alkyl carbamates (subject to hydrolysis) is 1. The number of piperidine rings is 1. The molecular weight excluding hydrogens is 248 g/mol. The van der Waals surface area contributed by atoms with Gasteiger partial charge >= 0.3 is 6.09 Å². The second-order valence-electron chi connectivity index (χ2n) is 4.39. The van der Waals surface area contributed by atoms with Crippen LogP contribution in [0.2, 0.25) is 0 Å². The smallest absolute Gasteiger partial charge is 0.407 e. The minimum atomic E-state index is -0.877. The molecule has 6 nitrogen and oxygen atoms in total. The summed E-state index contributed by atoms with van der Waals surface area (Å²) in [5.41, 5.74) is 0.884. The summed E-state index contributed by atoms with van der Waals surface area (Å²) in [6.07, 6.45) is -1.49. The first-order valence-corrected chi connectivity index (χ1v) is 6.07. The number of rotatable bonds is 3. The summed E-state index contributed by atoms with van der Waals surface area (Å²) in [4.78, 5) is 22.6. The lowest BCUT2D eigenvalue weighted by molar-refractivity contribution is -0.125. The summed E-state index contributed by atoms with van der Waals surface area (Å²) in [6.45, 7) is 0.377. The third-order valence-electron chi connectivity index (χ3n) is 2.89. The molecule has 6 heteroatoms. The molecule has 1 saturated heterocycles. The number of nitrogens with one attached hydrogen (secondary N) is 2. The van der Waals surface area contributed by atoms with Gasteiger partial charge in [-0.2, -0.15) is 0 Å². The molecule has 0 bridgehead atoms. The first-order valence-electron chi connectivity index (χ1n) is 6.07. The third kappa shape index (κ3) is 3.96. The van der Waals surface area contributed by atoms with Crippen LogP contribution in [0, 0.1) is 0 Å². The molecule has 19 heavy (non-hydrogen) atoms. The monoisotopic (exact) mass is 264 g/mol. The SMILES string of the molecule is O=C1C[C@@H](O)[C@@H](NC(=O)OCc2ccccc2)CN1. The van der Waals surface area contributed by atoms with Crippen molar-refractivity contribution in [3.8, 4) is 0 Å². The van der Waals surface area contributed by atoms with Crippen molar-refractivity contribution in [3.05, 3.63) is 35.9 Å². The van der Waals surface area contributed by atoms with Crippen LogP contribution in [0.15, 0.2) is 30.3 Å². The Hall–Kier alpha value is -2.08. The van der Waals surface area contributed by atoms with Gasteiger partial charge in [0, 0.05) is 6.54 Å². The number of aliphatic hydroxyl groups is 1. The zero-order valence-corrected chi connectivity index (χ0v) is 10.3. The van der Waals surface area contributed by atoms with Gasteiger partial charge in [0.05, 0.1) is 18.6 Å². The molecule has 0 aromatic heterocycles. The van der Waals surface area contributed by atoms with Gasteiger partial charge < -0.3 is 20.5 Å². The Morgan fingerprint density at radius 3 is 2.84 bits per heavy atom. The van der Waals surface area contributed by atoms with Gasteiger partial charge in [0.2, 0.25) is 5.91 Å². The van der Waals surface area contributed by atoms with Gasteiger partial charge in [0.25, 0.3) is 0 Å². The number of carbonyl (C=O) groups excluding carboxylic acids is 2. The predicted octanol–water partition coefficient (Wildman–Crippen LogP) is 0.162. The molecule has 1 aromatic carbocycles. The molecule has 1 aromatic rings. The van der Waals surface area contributed by atoms with Crippen LogP contribution in [0.3, 0.4) is 0 Å². The third-order valence-corrected chi connectivity index (χ3v) is 2.89. The zero-order valence-electron chi connectivity index (χ0n) is 10.3. The van der Waals surface area contributed by atoms with Gasteiger partial charge in [-0.1, -0.05) is 30.3 Å². The van der Waals surface area contributed by atoms with Crippen LogP contribution in [0.5, 0.6) is 0 Å². The van der Waals surface area contributed by atoms with Crippen molar-refractivity contribution >= 4 is 12.0 Å². The van der Waals surface area contributed by atoms with Crippen molar-refractivity contribution in [3.63, 3.8) is 0 Å². The van der Waals surface area contributed by atoms with Crippen molar-refractivity contribution in [1.29, 1.82) is 0 Å². The Labute approximate surface area is 110 Å². The van der Waals surface area contributed by atoms with E-state index in [0.29, 0.717) is 0 Å². The fourth-order valence-electron chi connectivity index (χ4n) is 1.83. The van der Waals surface area contributed by atoms with Crippen molar-refractivity contribution < 1.29 is 19.4 Å². The van der Waals surface area contributed by atoms with E-state index in [-0.39, 0.29) is 25.5 Å². The summed E-state index contributed by atoms with van der Waals surface area (Å²) in [5, 5.41) is 14.7. The van der Waals surface area contributed by atoms with Crippen LogP contribution >= 0.6 is 0 Å². The molecule has 2 rings (SSSR count). The molecule has 2 atom stereocenters. The average Bonchev–Trinajstić information content (AvgIpc) is 2.41. The van der Waals surface area contributed by atoms with Crippen molar-refractivity contribution in [1.82, 2.24) is 10.6 Å². The van der Waals surface area contributed by atoms with E-state index in [4.69, 9.17) is 4.74 Å². The fraction of sp³-hybridized carbons (Fsp3) is 0.385. The van der Waals surface area contributed by atoms with Gasteiger partial charge in [0.1, 0.15) is 6.61 Å². The first kappa shape index (κ1) is 13.4. The maximum Gasteiger partial charge on any atom is 0.407 e. The maximum absolute atomic E-state index is 11.6. The van der Waals surface area contributed by atoms with E-state index >= 15 is 0 Å². The minimum absolute atomic E-state index is 0.0103. The molecule has 0 unspecified atom stereocenters. The molecule has 1 aliphatic heterocycles. The molecule has 0 aliphatic carbocycles. The zero-order chi connectivity index (χ0) is 13.7. The minimum Gasteiger partial charge on any atom is -0.445 e. The molecular formula is C13H16N2O4. The average molecular weight is 264 g/mol. The predicted molar refractivity (Wildman–Crippen MR) is 67.2 cm³/mol. The van der Waals surface area contributed by atoms with Gasteiger partial charge in [-0.3, -0.25) is 4.79 Å². The van der Waals surface area contributed by atoms with Crippen LogP contribution in [0.25, 0.3) is 0 Å². The van der Waals surface area contributed by atoms with Gasteiger partial charge in [-0.25, -0.2) is 4.79 Å². The van der Waals surface area contributed by atoms with Crippen LogP contribution in [0.4, 0.5) is 4.79 Å². The Kier molecular flexibility index (Phi) is 4.35. The lowest BCUT2D eigenvalue weighted by Crippen LogP contribution is -2.55. The highest BCUT2D eigenvalue weighted by Gasteiger charge is 2.28. The Bertz CT molecular complexity index is 449. The van der Waals surface area contributed by atoms with Crippen LogP contribution in [-0.2, 0) is 16.1 Å². The molecule has 1 fully saturated rings. The molecule has 0 saturated carbocycles. The van der Waals surface area contributed by atoms with Crippen LogP contribution in [-0.4, -0.2) is 35.8 Å². The number of benzene rings is 1. The lowest BCUT2D eigenvalue weighted by Gasteiger charge is -2.28. The largest absolute Gasteiger partial charge is 0.445 e. The highest BCUT2D eigenvalue weighted by Crippen LogP contribution is 2.05. The topological polar surface area (TPSA) is 87.7 Å². The van der Waals surface area contributed by atoms with Crippen LogP contribution in [0.1, 0.15) is 12.0 Å². The molecule has 0 radical (unpaired) electrons. The van der Waals surface area contributed by atoms with E-state index in [1.807, 2.05) is 30.3 Å². The molecule has 1 aliphatic rings. The summed E-state index contributed by atoms with van der Waals surface area (Å²) in [6, 6.07) is 8.78. The van der Waals surface area contributed by atoms with Gasteiger partial charge in [-0.05, 0) is 5.56 Å². The summed E-state index contributed by atoms with van der Waals surface area (Å²) >= 11 is 0. The molecule has 3 N–H and O–H groups in total. The molecule has 1 heterocycles. The maximum atomic E-state index is 11.6. The molecule has 0 spiro atoms. The Balaban J connectivity index is 1.77. The highest BCUT2D eigenvalue weighted by atomic mass is 16.5. The fourth-order valence-corrected chi connectivity index (χ4v) is 1.83. The standard InChI is InChI=1S/C13H16N2O4/c16-11-6-12(17)14-7-10(11)15-13(18)19-8-9-4-2-1-3-5-9/h1-5,10-11,16H,6-8H2,(H,14,17)(H,15,18)/t10-,11+/m0/s1. The highest BCUT2D eigenvalue weighted by molar-refractivity contribution is 5.78.